The largest absolute Gasteiger partial charge is 0.288 e. The van der Waals surface area contributed by atoms with Gasteiger partial charge in [-0.3, -0.25) is 10.3 Å². The summed E-state index contributed by atoms with van der Waals surface area (Å²) in [5.41, 5.74) is 2.72. The fourth-order valence-corrected chi connectivity index (χ4v) is 0.915. The minimum absolute atomic E-state index is 0.372. The van der Waals surface area contributed by atoms with Gasteiger partial charge in [-0.1, -0.05) is 26.3 Å². The Balaban J connectivity index is 2.97. The number of nitrogens with zero attached hydrogens (tertiary/aromatic N) is 1. The molecule has 11 heavy (non-hydrogen) atoms. The molecular formula is C9H11NO. The van der Waals surface area contributed by atoms with Crippen LogP contribution >= 0.6 is 0 Å². The second-order valence-electron chi connectivity index (χ2n) is 2.57. The molecule has 1 heterocycles. The predicted molar refractivity (Wildman–Crippen MR) is 45.1 cm³/mol. The van der Waals surface area contributed by atoms with E-state index in [0.717, 1.165) is 16.2 Å². The van der Waals surface area contributed by atoms with Gasteiger partial charge in [-0.2, -0.15) is 0 Å². The Labute approximate surface area is 66.4 Å². The van der Waals surface area contributed by atoms with E-state index in [1.54, 1.807) is 0 Å². The summed E-state index contributed by atoms with van der Waals surface area (Å²) >= 11 is 0. The van der Waals surface area contributed by atoms with E-state index in [1.807, 2.05) is 0 Å². The quantitative estimate of drug-likeness (QED) is 0.568. The molecule has 1 rings (SSSR count). The Morgan fingerprint density at radius 2 is 1.64 bits per heavy atom. The van der Waals surface area contributed by atoms with Crippen LogP contribution in [0.15, 0.2) is 48.7 Å². The van der Waals surface area contributed by atoms with Crippen molar-refractivity contribution in [1.29, 1.82) is 0 Å². The predicted octanol–water partition coefficient (Wildman–Crippen LogP) is 1.87. The molecule has 0 aromatic rings. The van der Waals surface area contributed by atoms with Gasteiger partial charge in [0, 0.05) is 0 Å². The highest BCUT2D eigenvalue weighted by Crippen LogP contribution is 2.28. The lowest BCUT2D eigenvalue weighted by molar-refractivity contribution is -0.0451. The van der Waals surface area contributed by atoms with Crippen LogP contribution in [0.1, 0.15) is 0 Å². The first-order valence-corrected chi connectivity index (χ1v) is 3.26. The maximum absolute atomic E-state index is 9.21. The minimum atomic E-state index is 0.372. The summed E-state index contributed by atoms with van der Waals surface area (Å²) < 4.78 is 0. The second kappa shape index (κ2) is 2.40. The lowest BCUT2D eigenvalue weighted by Gasteiger charge is -2.29. The summed E-state index contributed by atoms with van der Waals surface area (Å²) in [7, 11) is 0. The monoisotopic (exact) mass is 149 g/mol. The van der Waals surface area contributed by atoms with Crippen LogP contribution in [0, 0.1) is 0 Å². The van der Waals surface area contributed by atoms with Gasteiger partial charge in [0.25, 0.3) is 0 Å². The lowest BCUT2D eigenvalue weighted by Crippen LogP contribution is -2.27. The molecule has 1 N–H and O–H groups in total. The van der Waals surface area contributed by atoms with Gasteiger partial charge in [0.05, 0.1) is 12.2 Å². The maximum Gasteiger partial charge on any atom is 0.0703 e. The third-order valence-electron chi connectivity index (χ3n) is 1.79. The zero-order valence-electron chi connectivity index (χ0n) is 6.43. The molecule has 0 amide bonds. The Morgan fingerprint density at radius 3 is 2.18 bits per heavy atom. The van der Waals surface area contributed by atoms with Crippen molar-refractivity contribution in [2.45, 2.75) is 0 Å². The molecule has 1 fully saturated rings. The molecule has 0 atom stereocenters. The van der Waals surface area contributed by atoms with Crippen LogP contribution in [0.3, 0.4) is 0 Å². The average Bonchev–Trinajstić information content (AvgIpc) is 1.97. The van der Waals surface area contributed by atoms with E-state index < -0.39 is 0 Å². The Kier molecular flexibility index (Phi) is 1.71. The highest BCUT2D eigenvalue weighted by molar-refractivity contribution is 5.54. The SMILES string of the molecule is C=C1CN(O)C(=C)C(=C)C1=C. The summed E-state index contributed by atoms with van der Waals surface area (Å²) in [5.74, 6) is 0. The van der Waals surface area contributed by atoms with Gasteiger partial charge in [0.1, 0.15) is 0 Å². The first kappa shape index (κ1) is 7.82. The number of hydrogen-bond acceptors (Lipinski definition) is 2. The molecule has 0 unspecified atom stereocenters. The van der Waals surface area contributed by atoms with Crippen molar-refractivity contribution in [1.82, 2.24) is 5.06 Å². The van der Waals surface area contributed by atoms with Crippen LogP contribution in [0.25, 0.3) is 0 Å². The number of hydrogen-bond donors (Lipinski definition) is 1. The summed E-state index contributed by atoms with van der Waals surface area (Å²) in [6.07, 6.45) is 0. The third kappa shape index (κ3) is 1.12. The van der Waals surface area contributed by atoms with Crippen molar-refractivity contribution in [2.24, 2.45) is 0 Å². The van der Waals surface area contributed by atoms with Crippen molar-refractivity contribution in [2.75, 3.05) is 6.54 Å². The third-order valence-corrected chi connectivity index (χ3v) is 1.79. The van der Waals surface area contributed by atoms with E-state index in [1.165, 1.54) is 0 Å². The van der Waals surface area contributed by atoms with Crippen molar-refractivity contribution in [3.63, 3.8) is 0 Å². The van der Waals surface area contributed by atoms with Gasteiger partial charge >= 0.3 is 0 Å². The van der Waals surface area contributed by atoms with E-state index in [9.17, 15) is 5.21 Å². The van der Waals surface area contributed by atoms with E-state index in [2.05, 4.69) is 26.3 Å². The fraction of sp³-hybridized carbons (Fsp3) is 0.111. The topological polar surface area (TPSA) is 23.5 Å². The van der Waals surface area contributed by atoms with Crippen molar-refractivity contribution < 1.29 is 5.21 Å². The smallest absolute Gasteiger partial charge is 0.0703 e. The Morgan fingerprint density at radius 1 is 1.09 bits per heavy atom. The highest BCUT2D eigenvalue weighted by Gasteiger charge is 2.20. The molecule has 0 bridgehead atoms. The second-order valence-corrected chi connectivity index (χ2v) is 2.57. The van der Waals surface area contributed by atoms with Gasteiger partial charge in [0.2, 0.25) is 0 Å². The molecule has 1 aliphatic rings. The summed E-state index contributed by atoms with van der Waals surface area (Å²) in [5, 5.41) is 10.2. The molecule has 0 aromatic heterocycles. The summed E-state index contributed by atoms with van der Waals surface area (Å²) in [6, 6.07) is 0. The van der Waals surface area contributed by atoms with Gasteiger partial charge < -0.3 is 0 Å². The van der Waals surface area contributed by atoms with Gasteiger partial charge in [-0.25, -0.2) is 0 Å². The van der Waals surface area contributed by atoms with Crippen LogP contribution in [0.2, 0.25) is 0 Å². The van der Waals surface area contributed by atoms with Crippen molar-refractivity contribution in [3.05, 3.63) is 48.7 Å². The first-order valence-electron chi connectivity index (χ1n) is 3.26. The molecule has 0 spiro atoms. The van der Waals surface area contributed by atoms with E-state index in [4.69, 9.17) is 0 Å². The zero-order chi connectivity index (χ0) is 8.59. The molecule has 2 nitrogen and oxygen atoms in total. The van der Waals surface area contributed by atoms with Crippen molar-refractivity contribution >= 4 is 0 Å². The number of piperidine rings is 1. The average molecular weight is 149 g/mol. The normalized spacial score (nSPS) is 19.5. The first-order chi connectivity index (χ1) is 5.04. The molecule has 0 aromatic carbocycles. The Hall–Kier alpha value is -1.28. The molecule has 0 radical (unpaired) electrons. The van der Waals surface area contributed by atoms with Crippen LogP contribution in [-0.4, -0.2) is 16.8 Å². The Bertz CT molecular complexity index is 263. The highest BCUT2D eigenvalue weighted by atomic mass is 16.5. The fourth-order valence-electron chi connectivity index (χ4n) is 0.915. The van der Waals surface area contributed by atoms with Gasteiger partial charge in [0.15, 0.2) is 0 Å². The molecule has 0 aliphatic carbocycles. The molecule has 2 heteroatoms. The van der Waals surface area contributed by atoms with Gasteiger partial charge in [-0.05, 0) is 16.7 Å². The van der Waals surface area contributed by atoms with E-state index in [-0.39, 0.29) is 0 Å². The van der Waals surface area contributed by atoms with Crippen LogP contribution in [-0.2, 0) is 0 Å². The summed E-state index contributed by atoms with van der Waals surface area (Å²) in [4.78, 5) is 0. The molecule has 1 aliphatic heterocycles. The zero-order valence-corrected chi connectivity index (χ0v) is 6.43. The molecule has 1 saturated heterocycles. The molecule has 58 valence electrons. The van der Waals surface area contributed by atoms with Gasteiger partial charge in [-0.15, -0.1) is 0 Å². The summed E-state index contributed by atoms with van der Waals surface area (Å²) in [6.45, 7) is 15.2. The molecular weight excluding hydrogens is 138 g/mol. The lowest BCUT2D eigenvalue weighted by atomic mass is 9.96. The maximum atomic E-state index is 9.21. The van der Waals surface area contributed by atoms with E-state index >= 15 is 0 Å². The van der Waals surface area contributed by atoms with Crippen LogP contribution in [0.5, 0.6) is 0 Å². The number of rotatable bonds is 0. The number of hydroxylamine groups is 2. The minimum Gasteiger partial charge on any atom is -0.288 e. The number of allylic oxidation sites excluding steroid dienone is 1. The van der Waals surface area contributed by atoms with Crippen LogP contribution in [0.4, 0.5) is 0 Å². The standard InChI is InChI=1S/C9H11NO/c1-6-5-10(11)9(4)8(3)7(6)2/h11H,1-5H2. The molecule has 0 saturated carbocycles. The van der Waals surface area contributed by atoms with Crippen LogP contribution < -0.4 is 0 Å². The van der Waals surface area contributed by atoms with E-state index in [0.29, 0.717) is 17.8 Å². The van der Waals surface area contributed by atoms with Crippen molar-refractivity contribution in [3.8, 4) is 0 Å².